The van der Waals surface area contributed by atoms with Crippen LogP contribution in [0.5, 0.6) is 0 Å². The summed E-state index contributed by atoms with van der Waals surface area (Å²) < 4.78 is 33.4. The van der Waals surface area contributed by atoms with Crippen molar-refractivity contribution in [1.82, 2.24) is 19.8 Å². The lowest BCUT2D eigenvalue weighted by Gasteiger charge is -2.32. The fourth-order valence-corrected chi connectivity index (χ4v) is 7.42. The van der Waals surface area contributed by atoms with Crippen molar-refractivity contribution in [2.24, 2.45) is 5.92 Å². The standard InChI is InChI=1S/C21H30N4O4S2/c1-3-19-23-20(24-29-19)17-12-18(14(2)30-17)31(27,28)25-11-7-8-15(13-25)21(26)22-16-9-5-4-6-10-16/h12,15-16H,3-11,13H2,1-2H3,(H,22,26)/t15-/m1/s1. The number of carbonyl (C=O) groups is 1. The highest BCUT2D eigenvalue weighted by Crippen LogP contribution is 2.35. The average molecular weight is 467 g/mol. The van der Waals surface area contributed by atoms with Gasteiger partial charge in [-0.25, -0.2) is 8.42 Å². The van der Waals surface area contributed by atoms with Crippen LogP contribution in [0.1, 0.15) is 62.6 Å². The van der Waals surface area contributed by atoms with E-state index < -0.39 is 10.0 Å². The maximum absolute atomic E-state index is 13.4. The van der Waals surface area contributed by atoms with Crippen LogP contribution < -0.4 is 5.32 Å². The Kier molecular flexibility index (Phi) is 6.78. The molecule has 2 fully saturated rings. The van der Waals surface area contributed by atoms with Gasteiger partial charge in [0, 0.05) is 30.4 Å². The van der Waals surface area contributed by atoms with Crippen molar-refractivity contribution < 1.29 is 17.7 Å². The Hall–Kier alpha value is -1.78. The lowest BCUT2D eigenvalue weighted by Crippen LogP contribution is -2.47. The highest BCUT2D eigenvalue weighted by Gasteiger charge is 2.35. The predicted octanol–water partition coefficient (Wildman–Crippen LogP) is 3.52. The number of thiophene rings is 1. The van der Waals surface area contributed by atoms with Gasteiger partial charge in [0.25, 0.3) is 0 Å². The number of amides is 1. The Labute approximate surface area is 187 Å². The fourth-order valence-electron chi connectivity index (χ4n) is 4.41. The summed E-state index contributed by atoms with van der Waals surface area (Å²) in [5.74, 6) is 0.629. The van der Waals surface area contributed by atoms with Crippen LogP contribution in [0.2, 0.25) is 0 Å². The molecule has 8 nitrogen and oxygen atoms in total. The normalized spacial score (nSPS) is 21.3. The van der Waals surface area contributed by atoms with Crippen molar-refractivity contribution in [1.29, 1.82) is 0 Å². The number of hydrogen-bond donors (Lipinski definition) is 1. The zero-order valence-electron chi connectivity index (χ0n) is 18.1. The van der Waals surface area contributed by atoms with E-state index in [-0.39, 0.29) is 29.3 Å². The molecule has 1 saturated heterocycles. The molecule has 2 aromatic heterocycles. The summed E-state index contributed by atoms with van der Waals surface area (Å²) in [5.41, 5.74) is 0. The first-order valence-electron chi connectivity index (χ1n) is 11.1. The quantitative estimate of drug-likeness (QED) is 0.698. The summed E-state index contributed by atoms with van der Waals surface area (Å²) in [6, 6.07) is 1.86. The van der Waals surface area contributed by atoms with E-state index in [1.165, 1.54) is 22.1 Å². The van der Waals surface area contributed by atoms with Gasteiger partial charge in [-0.05, 0) is 38.7 Å². The van der Waals surface area contributed by atoms with Crippen molar-refractivity contribution in [3.05, 3.63) is 16.8 Å². The summed E-state index contributed by atoms with van der Waals surface area (Å²) in [6.45, 7) is 4.37. The number of carbonyl (C=O) groups excluding carboxylic acids is 1. The molecule has 1 atom stereocenters. The lowest BCUT2D eigenvalue weighted by atomic mass is 9.93. The van der Waals surface area contributed by atoms with E-state index >= 15 is 0 Å². The molecule has 1 aliphatic heterocycles. The van der Waals surface area contributed by atoms with Crippen LogP contribution >= 0.6 is 11.3 Å². The molecule has 1 saturated carbocycles. The van der Waals surface area contributed by atoms with E-state index in [2.05, 4.69) is 15.5 Å². The first kappa shape index (κ1) is 22.4. The predicted molar refractivity (Wildman–Crippen MR) is 118 cm³/mol. The largest absolute Gasteiger partial charge is 0.353 e. The van der Waals surface area contributed by atoms with Crippen molar-refractivity contribution in [2.75, 3.05) is 13.1 Å². The lowest BCUT2D eigenvalue weighted by molar-refractivity contribution is -0.127. The van der Waals surface area contributed by atoms with Crippen LogP contribution in [-0.4, -0.2) is 47.9 Å². The third-order valence-electron chi connectivity index (χ3n) is 6.19. The van der Waals surface area contributed by atoms with Gasteiger partial charge in [-0.15, -0.1) is 11.3 Å². The molecule has 1 aliphatic carbocycles. The fraction of sp³-hybridized carbons (Fsp3) is 0.667. The van der Waals surface area contributed by atoms with Crippen LogP contribution in [0.15, 0.2) is 15.5 Å². The Morgan fingerprint density at radius 2 is 2.03 bits per heavy atom. The van der Waals surface area contributed by atoms with E-state index in [0.717, 1.165) is 32.1 Å². The first-order valence-corrected chi connectivity index (χ1v) is 13.4. The molecular formula is C21H30N4O4S2. The zero-order chi connectivity index (χ0) is 22.0. The van der Waals surface area contributed by atoms with Crippen LogP contribution in [-0.2, 0) is 21.2 Å². The molecule has 2 aromatic rings. The number of sulfonamides is 1. The van der Waals surface area contributed by atoms with Crippen molar-refractivity contribution >= 4 is 27.3 Å². The number of nitrogens with zero attached hydrogens (tertiary/aromatic N) is 3. The van der Waals surface area contributed by atoms with Crippen molar-refractivity contribution in [3.8, 4) is 10.7 Å². The topological polar surface area (TPSA) is 105 Å². The minimum absolute atomic E-state index is 0.00609. The highest BCUT2D eigenvalue weighted by molar-refractivity contribution is 7.89. The smallest absolute Gasteiger partial charge is 0.244 e. The summed E-state index contributed by atoms with van der Waals surface area (Å²) in [7, 11) is -3.70. The van der Waals surface area contributed by atoms with E-state index in [4.69, 9.17) is 4.52 Å². The van der Waals surface area contributed by atoms with Crippen LogP contribution in [0.4, 0.5) is 0 Å². The summed E-state index contributed by atoms with van der Waals surface area (Å²) in [5, 5.41) is 7.12. The average Bonchev–Trinajstić information content (AvgIpc) is 3.41. The van der Waals surface area contributed by atoms with Gasteiger partial charge in [0.1, 0.15) is 0 Å². The van der Waals surface area contributed by atoms with Crippen molar-refractivity contribution in [3.63, 3.8) is 0 Å². The molecule has 0 bridgehead atoms. The van der Waals surface area contributed by atoms with Gasteiger partial charge in [-0.2, -0.15) is 9.29 Å². The molecular weight excluding hydrogens is 436 g/mol. The number of piperidine rings is 1. The van der Waals surface area contributed by atoms with E-state index in [9.17, 15) is 13.2 Å². The first-order chi connectivity index (χ1) is 14.9. The van der Waals surface area contributed by atoms with Crippen molar-refractivity contribution in [2.45, 2.75) is 76.2 Å². The maximum atomic E-state index is 13.4. The van der Waals surface area contributed by atoms with Gasteiger partial charge >= 0.3 is 0 Å². The minimum Gasteiger partial charge on any atom is -0.353 e. The molecule has 0 spiro atoms. The van der Waals surface area contributed by atoms with Gasteiger partial charge in [-0.3, -0.25) is 4.79 Å². The Morgan fingerprint density at radius 1 is 1.26 bits per heavy atom. The molecule has 1 N–H and O–H groups in total. The van der Waals surface area contributed by atoms with Crippen LogP contribution in [0.25, 0.3) is 10.7 Å². The minimum atomic E-state index is -3.70. The number of aromatic nitrogens is 2. The van der Waals surface area contributed by atoms with E-state index in [1.807, 2.05) is 6.92 Å². The molecule has 3 heterocycles. The third kappa shape index (κ3) is 4.85. The van der Waals surface area contributed by atoms with Gasteiger partial charge < -0.3 is 9.84 Å². The number of nitrogens with one attached hydrogen (secondary N) is 1. The number of hydrogen-bond acceptors (Lipinski definition) is 7. The third-order valence-corrected chi connectivity index (χ3v) is 9.35. The molecule has 170 valence electrons. The molecule has 4 rings (SSSR count). The van der Waals surface area contributed by atoms with Gasteiger partial charge in [0.05, 0.1) is 15.7 Å². The summed E-state index contributed by atoms with van der Waals surface area (Å²) in [6.07, 6.45) is 7.60. The van der Waals surface area contributed by atoms with Gasteiger partial charge in [0.2, 0.25) is 27.6 Å². The second kappa shape index (κ2) is 9.38. The second-order valence-electron chi connectivity index (χ2n) is 8.44. The Balaban J connectivity index is 1.48. The van der Waals surface area contributed by atoms with Crippen LogP contribution in [0, 0.1) is 12.8 Å². The molecule has 0 aromatic carbocycles. The Bertz CT molecular complexity index is 1020. The monoisotopic (exact) mass is 466 g/mol. The Morgan fingerprint density at radius 3 is 2.74 bits per heavy atom. The SMILES string of the molecule is CCc1nc(-c2cc(S(=O)(=O)N3CCC[C@@H](C(=O)NC4CCCCC4)C3)c(C)s2)no1. The van der Waals surface area contributed by atoms with Gasteiger partial charge in [0.15, 0.2) is 0 Å². The number of aryl methyl sites for hydroxylation is 2. The number of rotatable bonds is 6. The molecule has 10 heteroatoms. The summed E-state index contributed by atoms with van der Waals surface area (Å²) >= 11 is 1.34. The molecule has 31 heavy (non-hydrogen) atoms. The van der Waals surface area contributed by atoms with E-state index in [0.29, 0.717) is 40.9 Å². The van der Waals surface area contributed by atoms with E-state index in [1.54, 1.807) is 13.0 Å². The second-order valence-corrected chi connectivity index (χ2v) is 11.6. The molecule has 0 unspecified atom stereocenters. The maximum Gasteiger partial charge on any atom is 0.244 e. The summed E-state index contributed by atoms with van der Waals surface area (Å²) in [4.78, 5) is 18.7. The highest BCUT2D eigenvalue weighted by atomic mass is 32.2. The molecule has 1 amide bonds. The van der Waals surface area contributed by atoms with Crippen LogP contribution in [0.3, 0.4) is 0 Å². The molecule has 2 aliphatic rings. The van der Waals surface area contributed by atoms with Gasteiger partial charge in [-0.1, -0.05) is 31.3 Å². The zero-order valence-corrected chi connectivity index (χ0v) is 19.7. The molecule has 0 radical (unpaired) electrons.